The average molecular weight is 112 g/mol. The number of hydrogen-bond acceptors (Lipinski definition) is 3. The lowest BCUT2D eigenvalue weighted by molar-refractivity contribution is -0.112. The highest BCUT2D eigenvalue weighted by atomic mass is 16.1. The molecule has 0 spiro atoms. The number of likely N-dealkylation sites (N-methyl/N-ethyl adjacent to an activating group) is 1. The van der Waals surface area contributed by atoms with E-state index in [4.69, 9.17) is 0 Å². The zero-order chi connectivity index (χ0) is 5.98. The molecule has 0 saturated carbocycles. The molecule has 0 amide bonds. The lowest BCUT2D eigenvalue weighted by Gasteiger charge is -2.06. The van der Waals surface area contributed by atoms with Crippen molar-refractivity contribution in [2.75, 3.05) is 13.1 Å². The van der Waals surface area contributed by atoms with Crippen molar-refractivity contribution < 1.29 is 4.79 Å². The summed E-state index contributed by atoms with van der Waals surface area (Å²) in [5, 5.41) is 5.52. The molecule has 0 N–H and O–H groups in total. The maximum atomic E-state index is 10.4. The number of rotatable bonds is 1. The molecule has 0 aromatic heterocycles. The van der Waals surface area contributed by atoms with Crippen LogP contribution in [-0.2, 0) is 4.79 Å². The van der Waals surface area contributed by atoms with Crippen molar-refractivity contribution in [2.45, 2.75) is 6.92 Å². The molecule has 0 unspecified atom stereocenters. The molecule has 44 valence electrons. The van der Waals surface area contributed by atoms with Crippen LogP contribution in [0.5, 0.6) is 0 Å². The first-order chi connectivity index (χ1) is 3.83. The van der Waals surface area contributed by atoms with Gasteiger partial charge in [0.15, 0.2) is 5.78 Å². The Kier molecular flexibility index (Phi) is 1.28. The van der Waals surface area contributed by atoms with Gasteiger partial charge in [0.1, 0.15) is 6.54 Å². The number of hydrogen-bond donors (Lipinski definition) is 0. The zero-order valence-corrected chi connectivity index (χ0v) is 4.79. The van der Waals surface area contributed by atoms with Gasteiger partial charge in [0.25, 0.3) is 0 Å². The molecular weight excluding hydrogens is 104 g/mol. The van der Waals surface area contributed by atoms with E-state index in [1.165, 1.54) is 6.21 Å². The summed E-state index contributed by atoms with van der Waals surface area (Å²) in [4.78, 5) is 10.4. The van der Waals surface area contributed by atoms with Crippen LogP contribution in [0.4, 0.5) is 0 Å². The summed E-state index contributed by atoms with van der Waals surface area (Å²) in [5.74, 6) is 0.104. The summed E-state index contributed by atoms with van der Waals surface area (Å²) in [5.41, 5.74) is 0. The molecule has 1 rings (SSSR count). The first-order valence-electron chi connectivity index (χ1n) is 2.64. The summed E-state index contributed by atoms with van der Waals surface area (Å²) < 4.78 is 0. The second-order valence-corrected chi connectivity index (χ2v) is 1.69. The molecule has 3 nitrogen and oxygen atoms in total. The van der Waals surface area contributed by atoms with Crippen molar-refractivity contribution in [2.24, 2.45) is 5.10 Å². The zero-order valence-electron chi connectivity index (χ0n) is 4.79. The number of nitrogens with zero attached hydrogens (tertiary/aromatic N) is 2. The van der Waals surface area contributed by atoms with E-state index in [2.05, 4.69) is 5.10 Å². The van der Waals surface area contributed by atoms with Crippen LogP contribution >= 0.6 is 0 Å². The molecule has 0 aliphatic carbocycles. The molecule has 0 aromatic carbocycles. The van der Waals surface area contributed by atoms with E-state index in [9.17, 15) is 4.79 Å². The number of carbonyl (C=O) groups is 1. The van der Waals surface area contributed by atoms with Crippen LogP contribution < -0.4 is 0 Å². The van der Waals surface area contributed by atoms with E-state index in [0.717, 1.165) is 6.54 Å². The van der Waals surface area contributed by atoms with Gasteiger partial charge in [-0.1, -0.05) is 0 Å². The Bertz CT molecular complexity index is 130. The summed E-state index contributed by atoms with van der Waals surface area (Å²) in [6.45, 7) is 3.26. The maximum absolute atomic E-state index is 10.4. The topological polar surface area (TPSA) is 32.7 Å². The Morgan fingerprint density at radius 1 is 2.00 bits per heavy atom. The van der Waals surface area contributed by atoms with Crippen LogP contribution in [0.25, 0.3) is 0 Å². The van der Waals surface area contributed by atoms with Gasteiger partial charge < -0.3 is 0 Å². The predicted octanol–water partition coefficient (Wildman–Crippen LogP) is -0.123. The number of carbonyl (C=O) groups excluding carboxylic acids is 1. The van der Waals surface area contributed by atoms with Crippen molar-refractivity contribution in [3.8, 4) is 0 Å². The van der Waals surface area contributed by atoms with Crippen LogP contribution in [0.1, 0.15) is 6.92 Å². The van der Waals surface area contributed by atoms with E-state index in [1.807, 2.05) is 6.92 Å². The van der Waals surface area contributed by atoms with Crippen LogP contribution in [0.3, 0.4) is 0 Å². The van der Waals surface area contributed by atoms with Gasteiger partial charge in [-0.3, -0.25) is 9.80 Å². The minimum absolute atomic E-state index is 0.104. The molecule has 1 heterocycles. The van der Waals surface area contributed by atoms with Crippen LogP contribution in [0.15, 0.2) is 5.10 Å². The molecule has 1 aliphatic heterocycles. The Morgan fingerprint density at radius 3 is 3.00 bits per heavy atom. The quantitative estimate of drug-likeness (QED) is 0.473. The summed E-state index contributed by atoms with van der Waals surface area (Å²) in [6.07, 6.45) is 1.36. The monoisotopic (exact) mass is 112 g/mol. The SMILES string of the molecule is CCN1CC(=O)C=N1. The smallest absolute Gasteiger partial charge is 0.196 e. The van der Waals surface area contributed by atoms with Crippen LogP contribution in [-0.4, -0.2) is 30.1 Å². The number of hydrazone groups is 1. The van der Waals surface area contributed by atoms with E-state index < -0.39 is 0 Å². The van der Waals surface area contributed by atoms with E-state index in [-0.39, 0.29) is 5.78 Å². The minimum Gasteiger partial charge on any atom is -0.291 e. The Hall–Kier alpha value is -0.860. The fourth-order valence-corrected chi connectivity index (χ4v) is 0.601. The molecular formula is C5H8N2O. The maximum Gasteiger partial charge on any atom is 0.196 e. The number of ketones is 1. The minimum atomic E-state index is 0.104. The third-order valence-electron chi connectivity index (χ3n) is 1.07. The fourth-order valence-electron chi connectivity index (χ4n) is 0.601. The Labute approximate surface area is 48.0 Å². The summed E-state index contributed by atoms with van der Waals surface area (Å²) >= 11 is 0. The van der Waals surface area contributed by atoms with Crippen LogP contribution in [0.2, 0.25) is 0 Å². The first kappa shape index (κ1) is 5.28. The molecule has 0 aromatic rings. The van der Waals surface area contributed by atoms with Gasteiger partial charge >= 0.3 is 0 Å². The van der Waals surface area contributed by atoms with Gasteiger partial charge in [0.05, 0.1) is 6.21 Å². The molecule has 0 bridgehead atoms. The van der Waals surface area contributed by atoms with Crippen molar-refractivity contribution in [3.05, 3.63) is 0 Å². The number of Topliss-reactive ketones (excluding diaryl/α,β-unsaturated/α-hetero) is 1. The molecule has 0 fully saturated rings. The highest BCUT2D eigenvalue weighted by Gasteiger charge is 2.09. The van der Waals surface area contributed by atoms with Crippen molar-refractivity contribution in [3.63, 3.8) is 0 Å². The van der Waals surface area contributed by atoms with Gasteiger partial charge in [0, 0.05) is 6.54 Å². The van der Waals surface area contributed by atoms with Crippen molar-refractivity contribution >= 4 is 12.0 Å². The van der Waals surface area contributed by atoms with E-state index in [0.29, 0.717) is 6.54 Å². The molecule has 0 saturated heterocycles. The van der Waals surface area contributed by atoms with E-state index in [1.54, 1.807) is 5.01 Å². The van der Waals surface area contributed by atoms with Crippen LogP contribution in [0, 0.1) is 0 Å². The summed E-state index contributed by atoms with van der Waals surface area (Å²) in [7, 11) is 0. The van der Waals surface area contributed by atoms with Gasteiger partial charge in [-0.25, -0.2) is 0 Å². The first-order valence-corrected chi connectivity index (χ1v) is 2.64. The normalized spacial score (nSPS) is 18.1. The summed E-state index contributed by atoms with van der Waals surface area (Å²) in [6, 6.07) is 0. The molecule has 0 radical (unpaired) electrons. The standard InChI is InChI=1S/C5H8N2O/c1-2-7-4-5(8)3-6-7/h3H,2,4H2,1H3. The highest BCUT2D eigenvalue weighted by Crippen LogP contribution is 1.93. The average Bonchev–Trinajstić information content (AvgIpc) is 2.14. The molecule has 1 aliphatic rings. The third kappa shape index (κ3) is 0.857. The lowest BCUT2D eigenvalue weighted by atomic mass is 10.4. The lowest BCUT2D eigenvalue weighted by Crippen LogP contribution is -2.16. The highest BCUT2D eigenvalue weighted by molar-refractivity contribution is 6.29. The van der Waals surface area contributed by atoms with Crippen molar-refractivity contribution in [1.82, 2.24) is 5.01 Å². The predicted molar refractivity (Wildman–Crippen MR) is 30.7 cm³/mol. The molecule has 3 heteroatoms. The Balaban J connectivity index is 2.46. The fraction of sp³-hybridized carbons (Fsp3) is 0.600. The van der Waals surface area contributed by atoms with E-state index >= 15 is 0 Å². The molecule has 8 heavy (non-hydrogen) atoms. The second-order valence-electron chi connectivity index (χ2n) is 1.69. The van der Waals surface area contributed by atoms with Crippen molar-refractivity contribution in [1.29, 1.82) is 0 Å². The second kappa shape index (κ2) is 1.94. The molecule has 0 atom stereocenters. The van der Waals surface area contributed by atoms with Gasteiger partial charge in [0.2, 0.25) is 0 Å². The van der Waals surface area contributed by atoms with Gasteiger partial charge in [-0.15, -0.1) is 0 Å². The third-order valence-corrected chi connectivity index (χ3v) is 1.07. The Morgan fingerprint density at radius 2 is 2.75 bits per heavy atom. The van der Waals surface area contributed by atoms with Gasteiger partial charge in [-0.05, 0) is 6.92 Å². The van der Waals surface area contributed by atoms with Gasteiger partial charge in [-0.2, -0.15) is 5.10 Å². The largest absolute Gasteiger partial charge is 0.291 e.